The summed E-state index contributed by atoms with van der Waals surface area (Å²) in [4.78, 5) is 7.04. The zero-order valence-corrected chi connectivity index (χ0v) is 9.13. The Morgan fingerprint density at radius 1 is 1.36 bits per heavy atom. The van der Waals surface area contributed by atoms with E-state index in [1.54, 1.807) is 0 Å². The molecule has 3 heteroatoms. The van der Waals surface area contributed by atoms with Crippen LogP contribution in [0.15, 0.2) is 4.99 Å². The largest absolute Gasteiger partial charge is 0.356 e. The maximum Gasteiger partial charge on any atom is 0.194 e. The number of hydrogen-bond acceptors (Lipinski definition) is 3. The van der Waals surface area contributed by atoms with E-state index in [9.17, 15) is 0 Å². The molecule has 0 amide bonds. The van der Waals surface area contributed by atoms with Gasteiger partial charge in [0.05, 0.1) is 0 Å². The molecular weight excluding hydrogens is 174 g/mol. The Balaban J connectivity index is 1.99. The van der Waals surface area contributed by atoms with Crippen molar-refractivity contribution in [1.82, 2.24) is 10.2 Å². The summed E-state index contributed by atoms with van der Waals surface area (Å²) >= 11 is 0. The van der Waals surface area contributed by atoms with Crippen molar-refractivity contribution in [2.24, 2.45) is 4.99 Å². The van der Waals surface area contributed by atoms with E-state index >= 15 is 0 Å². The van der Waals surface area contributed by atoms with E-state index in [0.717, 1.165) is 31.6 Å². The highest BCUT2D eigenvalue weighted by Gasteiger charge is 2.24. The molecule has 0 spiro atoms. The van der Waals surface area contributed by atoms with Crippen LogP contribution in [0.5, 0.6) is 0 Å². The predicted octanol–water partition coefficient (Wildman–Crippen LogP) is 1.60. The molecular formula is C11H21N3. The van der Waals surface area contributed by atoms with Gasteiger partial charge in [0, 0.05) is 25.7 Å². The highest BCUT2D eigenvalue weighted by molar-refractivity contribution is 5.80. The molecule has 2 rings (SSSR count). The molecule has 1 heterocycles. The molecule has 1 aliphatic carbocycles. The third-order valence-electron chi connectivity index (χ3n) is 3.26. The number of guanidine groups is 1. The Labute approximate surface area is 86.6 Å². The smallest absolute Gasteiger partial charge is 0.194 e. The van der Waals surface area contributed by atoms with Crippen LogP contribution in [0, 0.1) is 0 Å². The molecule has 1 aliphatic heterocycles. The summed E-state index contributed by atoms with van der Waals surface area (Å²) in [7, 11) is 0. The van der Waals surface area contributed by atoms with Crippen LogP contribution in [0.4, 0.5) is 0 Å². The highest BCUT2D eigenvalue weighted by atomic mass is 15.3. The minimum atomic E-state index is 0.754. The Morgan fingerprint density at radius 3 is 2.71 bits per heavy atom. The fourth-order valence-corrected chi connectivity index (χ4v) is 2.51. The third kappa shape index (κ3) is 2.02. The Hall–Kier alpha value is -0.730. The minimum Gasteiger partial charge on any atom is -0.356 e. The van der Waals surface area contributed by atoms with E-state index in [0.29, 0.717) is 0 Å². The van der Waals surface area contributed by atoms with Crippen molar-refractivity contribution in [2.45, 2.75) is 45.1 Å². The molecule has 3 nitrogen and oxygen atoms in total. The zero-order chi connectivity index (χ0) is 9.80. The standard InChI is InChI=1S/C11H21N3/c1-2-14(10-6-3-4-7-10)11-12-8-5-9-13-11/h10H,2-9H2,1H3,(H,12,13). The summed E-state index contributed by atoms with van der Waals surface area (Å²) in [6, 6.07) is 0.754. The van der Waals surface area contributed by atoms with Gasteiger partial charge in [-0.2, -0.15) is 0 Å². The monoisotopic (exact) mass is 195 g/mol. The number of hydrogen-bond donors (Lipinski definition) is 1. The molecule has 14 heavy (non-hydrogen) atoms. The lowest BCUT2D eigenvalue weighted by molar-refractivity contribution is 0.314. The topological polar surface area (TPSA) is 27.6 Å². The van der Waals surface area contributed by atoms with Gasteiger partial charge in [0.25, 0.3) is 0 Å². The van der Waals surface area contributed by atoms with Crippen molar-refractivity contribution >= 4 is 5.96 Å². The van der Waals surface area contributed by atoms with E-state index in [-0.39, 0.29) is 0 Å². The van der Waals surface area contributed by atoms with Crippen LogP contribution in [-0.4, -0.2) is 36.5 Å². The lowest BCUT2D eigenvalue weighted by atomic mass is 10.2. The van der Waals surface area contributed by atoms with Gasteiger partial charge in [0.15, 0.2) is 5.96 Å². The molecule has 0 aromatic carbocycles. The molecule has 0 bridgehead atoms. The van der Waals surface area contributed by atoms with Crippen LogP contribution in [0.1, 0.15) is 39.0 Å². The zero-order valence-electron chi connectivity index (χ0n) is 9.13. The molecule has 1 fully saturated rings. The van der Waals surface area contributed by atoms with Crippen molar-refractivity contribution in [2.75, 3.05) is 19.6 Å². The third-order valence-corrected chi connectivity index (χ3v) is 3.26. The van der Waals surface area contributed by atoms with Crippen molar-refractivity contribution in [3.63, 3.8) is 0 Å². The van der Waals surface area contributed by atoms with Crippen LogP contribution in [0.25, 0.3) is 0 Å². The quantitative estimate of drug-likeness (QED) is 0.724. The highest BCUT2D eigenvalue weighted by Crippen LogP contribution is 2.23. The second-order valence-corrected chi connectivity index (χ2v) is 4.21. The minimum absolute atomic E-state index is 0.754. The summed E-state index contributed by atoms with van der Waals surface area (Å²) < 4.78 is 0. The van der Waals surface area contributed by atoms with Crippen molar-refractivity contribution in [1.29, 1.82) is 0 Å². The number of nitrogens with one attached hydrogen (secondary N) is 1. The van der Waals surface area contributed by atoms with Gasteiger partial charge in [-0.05, 0) is 26.2 Å². The SMILES string of the molecule is CCN(C1=NCCCN1)C1CCCC1. The van der Waals surface area contributed by atoms with Crippen molar-refractivity contribution in [3.05, 3.63) is 0 Å². The van der Waals surface area contributed by atoms with Crippen molar-refractivity contribution < 1.29 is 0 Å². The van der Waals surface area contributed by atoms with Gasteiger partial charge in [0.1, 0.15) is 0 Å². The molecule has 2 aliphatic rings. The summed E-state index contributed by atoms with van der Waals surface area (Å²) in [6.45, 7) is 5.43. The van der Waals surface area contributed by atoms with Crippen LogP contribution in [0.2, 0.25) is 0 Å². The van der Waals surface area contributed by atoms with Gasteiger partial charge in [0.2, 0.25) is 0 Å². The fraction of sp³-hybridized carbons (Fsp3) is 0.909. The predicted molar refractivity (Wildman–Crippen MR) is 59.6 cm³/mol. The first-order chi connectivity index (χ1) is 6.92. The van der Waals surface area contributed by atoms with Gasteiger partial charge in [-0.25, -0.2) is 0 Å². The van der Waals surface area contributed by atoms with Gasteiger partial charge in [-0.15, -0.1) is 0 Å². The Bertz CT molecular complexity index is 207. The fourth-order valence-electron chi connectivity index (χ4n) is 2.51. The van der Waals surface area contributed by atoms with Crippen LogP contribution in [0.3, 0.4) is 0 Å². The lowest BCUT2D eigenvalue weighted by Gasteiger charge is -2.32. The van der Waals surface area contributed by atoms with Crippen LogP contribution in [-0.2, 0) is 0 Å². The first-order valence-electron chi connectivity index (χ1n) is 5.97. The summed E-state index contributed by atoms with van der Waals surface area (Å²) in [5.41, 5.74) is 0. The number of nitrogens with zero attached hydrogens (tertiary/aromatic N) is 2. The molecule has 0 atom stereocenters. The van der Waals surface area contributed by atoms with Gasteiger partial charge < -0.3 is 10.2 Å². The van der Waals surface area contributed by atoms with Crippen LogP contribution < -0.4 is 5.32 Å². The first kappa shape index (κ1) is 9.81. The van der Waals surface area contributed by atoms with Gasteiger partial charge >= 0.3 is 0 Å². The summed E-state index contributed by atoms with van der Waals surface area (Å²) in [6.07, 6.45) is 6.69. The van der Waals surface area contributed by atoms with Crippen molar-refractivity contribution in [3.8, 4) is 0 Å². The van der Waals surface area contributed by atoms with Gasteiger partial charge in [-0.3, -0.25) is 4.99 Å². The Kier molecular flexibility index (Phi) is 3.27. The average molecular weight is 195 g/mol. The summed E-state index contributed by atoms with van der Waals surface area (Å²) in [5, 5.41) is 3.42. The molecule has 1 N–H and O–H groups in total. The Morgan fingerprint density at radius 2 is 2.14 bits per heavy atom. The molecule has 80 valence electrons. The summed E-state index contributed by atoms with van der Waals surface area (Å²) in [5.74, 6) is 1.16. The molecule has 1 saturated carbocycles. The number of aliphatic imine (C=N–C) groups is 1. The average Bonchev–Trinajstić information content (AvgIpc) is 2.74. The maximum absolute atomic E-state index is 4.58. The molecule has 0 radical (unpaired) electrons. The molecule has 0 aromatic rings. The van der Waals surface area contributed by atoms with E-state index < -0.39 is 0 Å². The van der Waals surface area contributed by atoms with E-state index in [1.165, 1.54) is 32.1 Å². The van der Waals surface area contributed by atoms with E-state index in [1.807, 2.05) is 0 Å². The van der Waals surface area contributed by atoms with Gasteiger partial charge in [-0.1, -0.05) is 12.8 Å². The number of rotatable bonds is 2. The molecule has 0 aromatic heterocycles. The molecule has 0 unspecified atom stereocenters. The normalized spacial score (nSPS) is 23.1. The lowest BCUT2D eigenvalue weighted by Crippen LogP contribution is -2.48. The first-order valence-corrected chi connectivity index (χ1v) is 5.97. The molecule has 0 saturated heterocycles. The second-order valence-electron chi connectivity index (χ2n) is 4.21. The van der Waals surface area contributed by atoms with E-state index in [2.05, 4.69) is 22.1 Å². The second kappa shape index (κ2) is 4.67. The maximum atomic E-state index is 4.58. The van der Waals surface area contributed by atoms with E-state index in [4.69, 9.17) is 0 Å². The van der Waals surface area contributed by atoms with Crippen LogP contribution >= 0.6 is 0 Å².